The van der Waals surface area contributed by atoms with Crippen LogP contribution in [0.1, 0.15) is 34.1 Å². The van der Waals surface area contributed by atoms with Gasteiger partial charge in [0.15, 0.2) is 6.29 Å². The third kappa shape index (κ3) is 8.55. The molecule has 0 aromatic carbocycles. The van der Waals surface area contributed by atoms with Gasteiger partial charge in [-0.05, 0) is 19.8 Å². The molecule has 0 aliphatic carbocycles. The van der Waals surface area contributed by atoms with Gasteiger partial charge in [-0.1, -0.05) is 13.8 Å². The number of ether oxygens (including phenoxy) is 3. The summed E-state index contributed by atoms with van der Waals surface area (Å²) in [4.78, 5) is 0. The molecule has 4 nitrogen and oxygen atoms in total. The van der Waals surface area contributed by atoms with E-state index in [1.54, 1.807) is 7.11 Å². The van der Waals surface area contributed by atoms with Crippen molar-refractivity contribution in [3.05, 3.63) is 0 Å². The Morgan fingerprint density at radius 1 is 1.06 bits per heavy atom. The van der Waals surface area contributed by atoms with E-state index in [4.69, 9.17) is 14.2 Å². The summed E-state index contributed by atoms with van der Waals surface area (Å²) in [7, 11) is 1.74. The van der Waals surface area contributed by atoms with Gasteiger partial charge in [-0.15, -0.1) is 0 Å². The molecule has 0 radical (unpaired) electrons. The van der Waals surface area contributed by atoms with Gasteiger partial charge < -0.3 is 19.5 Å². The molecule has 0 aliphatic rings. The van der Waals surface area contributed by atoms with Gasteiger partial charge in [-0.2, -0.15) is 0 Å². The van der Waals surface area contributed by atoms with Crippen molar-refractivity contribution in [2.45, 2.75) is 46.4 Å². The fourth-order valence-corrected chi connectivity index (χ4v) is 1.64. The van der Waals surface area contributed by atoms with Crippen LogP contribution in [0.2, 0.25) is 0 Å². The van der Waals surface area contributed by atoms with Crippen LogP contribution in [0.15, 0.2) is 0 Å². The number of rotatable bonds is 11. The van der Waals surface area contributed by atoms with Crippen LogP contribution in [0.25, 0.3) is 0 Å². The van der Waals surface area contributed by atoms with E-state index in [0.29, 0.717) is 25.2 Å². The number of hydrogen-bond donors (Lipinski definition) is 1. The minimum absolute atomic E-state index is 0.0899. The van der Waals surface area contributed by atoms with Crippen molar-refractivity contribution >= 4 is 0 Å². The van der Waals surface area contributed by atoms with E-state index >= 15 is 0 Å². The van der Waals surface area contributed by atoms with E-state index in [-0.39, 0.29) is 6.29 Å². The van der Waals surface area contributed by atoms with Crippen LogP contribution in [-0.2, 0) is 14.2 Å². The molecule has 0 saturated heterocycles. The van der Waals surface area contributed by atoms with Crippen molar-refractivity contribution in [1.29, 1.82) is 0 Å². The van der Waals surface area contributed by atoms with Crippen LogP contribution in [0, 0.1) is 5.92 Å². The summed E-state index contributed by atoms with van der Waals surface area (Å²) in [6.07, 6.45) is 0.780. The SMILES string of the molecule is CCOC(CCNC(COC)C(C)C)OCC. The summed E-state index contributed by atoms with van der Waals surface area (Å²) in [6.45, 7) is 11.4. The molecule has 17 heavy (non-hydrogen) atoms. The maximum Gasteiger partial charge on any atom is 0.158 e. The maximum atomic E-state index is 5.49. The predicted octanol–water partition coefficient (Wildman–Crippen LogP) is 2.04. The highest BCUT2D eigenvalue weighted by Crippen LogP contribution is 2.04. The minimum atomic E-state index is -0.0899. The van der Waals surface area contributed by atoms with Crippen molar-refractivity contribution < 1.29 is 14.2 Å². The molecule has 0 aromatic rings. The van der Waals surface area contributed by atoms with Gasteiger partial charge >= 0.3 is 0 Å². The quantitative estimate of drug-likeness (QED) is 0.567. The first-order valence-electron chi connectivity index (χ1n) is 6.61. The second-order valence-electron chi connectivity index (χ2n) is 4.39. The van der Waals surface area contributed by atoms with Crippen molar-refractivity contribution in [3.63, 3.8) is 0 Å². The molecule has 0 fully saturated rings. The number of methoxy groups -OCH3 is 1. The Kier molecular flexibility index (Phi) is 10.9. The molecule has 4 heteroatoms. The van der Waals surface area contributed by atoms with Crippen LogP contribution in [0.3, 0.4) is 0 Å². The summed E-state index contributed by atoms with van der Waals surface area (Å²) in [5, 5.41) is 3.48. The van der Waals surface area contributed by atoms with Gasteiger partial charge in [0.25, 0.3) is 0 Å². The number of nitrogens with one attached hydrogen (secondary N) is 1. The molecule has 0 spiro atoms. The molecule has 1 atom stereocenters. The van der Waals surface area contributed by atoms with E-state index in [1.807, 2.05) is 13.8 Å². The molecule has 0 aliphatic heterocycles. The Morgan fingerprint density at radius 3 is 2.06 bits per heavy atom. The van der Waals surface area contributed by atoms with Gasteiger partial charge in [0.2, 0.25) is 0 Å². The van der Waals surface area contributed by atoms with Gasteiger partial charge in [0.1, 0.15) is 0 Å². The molecule has 0 aromatic heterocycles. The van der Waals surface area contributed by atoms with Gasteiger partial charge in [0.05, 0.1) is 6.61 Å². The largest absolute Gasteiger partial charge is 0.383 e. The first-order chi connectivity index (χ1) is 8.15. The highest BCUT2D eigenvalue weighted by atomic mass is 16.7. The van der Waals surface area contributed by atoms with Crippen molar-refractivity contribution in [2.75, 3.05) is 33.5 Å². The molecule has 1 unspecified atom stereocenters. The van der Waals surface area contributed by atoms with Crippen LogP contribution >= 0.6 is 0 Å². The second-order valence-corrected chi connectivity index (χ2v) is 4.39. The Labute approximate surface area is 106 Å². The molecule has 0 heterocycles. The van der Waals surface area contributed by atoms with E-state index in [0.717, 1.165) is 19.6 Å². The number of hydrogen-bond acceptors (Lipinski definition) is 4. The second kappa shape index (κ2) is 11.0. The van der Waals surface area contributed by atoms with Gasteiger partial charge in [-0.3, -0.25) is 0 Å². The van der Waals surface area contributed by atoms with E-state index in [9.17, 15) is 0 Å². The lowest BCUT2D eigenvalue weighted by atomic mass is 10.1. The first kappa shape index (κ1) is 16.8. The standard InChI is InChI=1S/C13H29NO3/c1-6-16-13(17-7-2)8-9-14-12(10-15-5)11(3)4/h11-14H,6-10H2,1-5H3. The lowest BCUT2D eigenvalue weighted by Crippen LogP contribution is -2.39. The molecular formula is C13H29NO3. The van der Waals surface area contributed by atoms with Gasteiger partial charge in [0, 0.05) is 39.3 Å². The van der Waals surface area contributed by atoms with Crippen molar-refractivity contribution in [3.8, 4) is 0 Å². The summed E-state index contributed by atoms with van der Waals surface area (Å²) >= 11 is 0. The summed E-state index contributed by atoms with van der Waals surface area (Å²) < 4.78 is 16.2. The molecule has 104 valence electrons. The van der Waals surface area contributed by atoms with Crippen LogP contribution in [0.5, 0.6) is 0 Å². The Hall–Kier alpha value is -0.160. The Morgan fingerprint density at radius 2 is 1.65 bits per heavy atom. The zero-order valence-corrected chi connectivity index (χ0v) is 12.0. The summed E-state index contributed by atoms with van der Waals surface area (Å²) in [6, 6.07) is 0.393. The molecule has 1 N–H and O–H groups in total. The van der Waals surface area contributed by atoms with Crippen molar-refractivity contribution in [1.82, 2.24) is 5.32 Å². The molecule has 0 bridgehead atoms. The Bertz CT molecular complexity index is 159. The first-order valence-corrected chi connectivity index (χ1v) is 6.61. The zero-order chi connectivity index (χ0) is 13.1. The average Bonchev–Trinajstić information content (AvgIpc) is 2.28. The van der Waals surface area contributed by atoms with Gasteiger partial charge in [-0.25, -0.2) is 0 Å². The molecule has 0 rings (SSSR count). The monoisotopic (exact) mass is 247 g/mol. The summed E-state index contributed by atoms with van der Waals surface area (Å²) in [5.74, 6) is 0.563. The molecular weight excluding hydrogens is 218 g/mol. The van der Waals surface area contributed by atoms with Crippen LogP contribution in [0.4, 0.5) is 0 Å². The lowest BCUT2D eigenvalue weighted by Gasteiger charge is -2.23. The smallest absolute Gasteiger partial charge is 0.158 e. The fraction of sp³-hybridized carbons (Fsp3) is 1.00. The highest BCUT2D eigenvalue weighted by molar-refractivity contribution is 4.69. The van der Waals surface area contributed by atoms with E-state index in [2.05, 4.69) is 19.2 Å². The highest BCUT2D eigenvalue weighted by Gasteiger charge is 2.13. The lowest BCUT2D eigenvalue weighted by molar-refractivity contribution is -0.139. The minimum Gasteiger partial charge on any atom is -0.383 e. The summed E-state index contributed by atoms with van der Waals surface area (Å²) in [5.41, 5.74) is 0. The van der Waals surface area contributed by atoms with Crippen LogP contribution in [-0.4, -0.2) is 45.8 Å². The third-order valence-electron chi connectivity index (χ3n) is 2.64. The zero-order valence-electron chi connectivity index (χ0n) is 12.0. The topological polar surface area (TPSA) is 39.7 Å². The van der Waals surface area contributed by atoms with Crippen LogP contribution < -0.4 is 5.32 Å². The van der Waals surface area contributed by atoms with Crippen molar-refractivity contribution in [2.24, 2.45) is 5.92 Å². The molecule has 0 amide bonds. The van der Waals surface area contributed by atoms with E-state index < -0.39 is 0 Å². The maximum absolute atomic E-state index is 5.49. The third-order valence-corrected chi connectivity index (χ3v) is 2.64. The average molecular weight is 247 g/mol. The molecule has 0 saturated carbocycles. The normalized spacial score (nSPS) is 13.6. The Balaban J connectivity index is 3.82. The van der Waals surface area contributed by atoms with E-state index in [1.165, 1.54) is 0 Å². The fourth-order valence-electron chi connectivity index (χ4n) is 1.64. The predicted molar refractivity (Wildman–Crippen MR) is 70.2 cm³/mol.